The fourth-order valence-electron chi connectivity index (χ4n) is 1.09. The predicted molar refractivity (Wildman–Crippen MR) is 56.3 cm³/mol. The molecule has 0 aromatic carbocycles. The smallest absolute Gasteiger partial charge is 0.280 e. The van der Waals surface area contributed by atoms with E-state index < -0.39 is 0 Å². The number of aromatic nitrogens is 3. The van der Waals surface area contributed by atoms with Crippen molar-refractivity contribution in [2.45, 2.75) is 0 Å². The maximum absolute atomic E-state index is 5.73. The summed E-state index contributed by atoms with van der Waals surface area (Å²) in [4.78, 5) is 9.97. The van der Waals surface area contributed by atoms with Gasteiger partial charge in [0.25, 0.3) is 11.8 Å². The van der Waals surface area contributed by atoms with Crippen molar-refractivity contribution in [2.75, 3.05) is 24.7 Å². The number of nitrogen functional groups attached to an aromatic ring is 1. The van der Waals surface area contributed by atoms with Gasteiger partial charge in [-0.05, 0) is 17.3 Å². The molecular weight excluding hydrogens is 194 g/mol. The molecule has 0 spiro atoms. The van der Waals surface area contributed by atoms with Crippen LogP contribution in [0.5, 0.6) is 0 Å². The van der Waals surface area contributed by atoms with E-state index in [1.807, 2.05) is 14.1 Å². The average molecular weight is 205 g/mol. The van der Waals surface area contributed by atoms with Gasteiger partial charge in [0.1, 0.15) is 0 Å². The van der Waals surface area contributed by atoms with Crippen LogP contribution < -0.4 is 10.6 Å². The Labute approximate surface area is 86.7 Å². The van der Waals surface area contributed by atoms with Crippen LogP contribution in [0.4, 0.5) is 11.6 Å². The number of rotatable bonds is 2. The van der Waals surface area contributed by atoms with E-state index in [9.17, 15) is 0 Å². The molecule has 0 fully saturated rings. The van der Waals surface area contributed by atoms with Gasteiger partial charge in [0.2, 0.25) is 0 Å². The minimum atomic E-state index is 0.330. The lowest BCUT2D eigenvalue weighted by Gasteiger charge is -2.02. The highest BCUT2D eigenvalue weighted by molar-refractivity contribution is 5.65. The van der Waals surface area contributed by atoms with E-state index in [4.69, 9.17) is 10.3 Å². The Morgan fingerprint density at radius 2 is 2.20 bits per heavy atom. The molecule has 2 N–H and O–H groups in total. The highest BCUT2D eigenvalue weighted by atomic mass is 16.5. The molecule has 15 heavy (non-hydrogen) atoms. The van der Waals surface area contributed by atoms with Gasteiger partial charge in [-0.25, -0.2) is 4.98 Å². The van der Waals surface area contributed by atoms with Crippen LogP contribution >= 0.6 is 0 Å². The van der Waals surface area contributed by atoms with Gasteiger partial charge in [0.15, 0.2) is 5.69 Å². The molecule has 6 nitrogen and oxygen atoms in total. The van der Waals surface area contributed by atoms with Crippen molar-refractivity contribution >= 4 is 11.6 Å². The third-order valence-electron chi connectivity index (χ3n) is 1.86. The van der Waals surface area contributed by atoms with Gasteiger partial charge in [-0.1, -0.05) is 0 Å². The van der Waals surface area contributed by atoms with Crippen molar-refractivity contribution in [2.24, 2.45) is 0 Å². The zero-order valence-electron chi connectivity index (χ0n) is 8.51. The molecule has 0 aliphatic rings. The van der Waals surface area contributed by atoms with Crippen molar-refractivity contribution in [3.63, 3.8) is 0 Å². The van der Waals surface area contributed by atoms with Gasteiger partial charge in [0.05, 0.1) is 5.69 Å². The maximum atomic E-state index is 5.73. The summed E-state index contributed by atoms with van der Waals surface area (Å²) in [7, 11) is 3.66. The van der Waals surface area contributed by atoms with E-state index in [0.717, 1.165) is 0 Å². The van der Waals surface area contributed by atoms with Crippen molar-refractivity contribution in [3.05, 3.63) is 18.3 Å². The second-order valence-electron chi connectivity index (χ2n) is 3.24. The standard InChI is InChI=1S/C9H11N5O/c1-14(2)9-12-8(15-13-9)7-6(10)4-3-5-11-7/h3-5H,10H2,1-2H3. The Morgan fingerprint density at radius 1 is 1.40 bits per heavy atom. The number of pyridine rings is 1. The van der Waals surface area contributed by atoms with Crippen LogP contribution in [0, 0.1) is 0 Å². The summed E-state index contributed by atoms with van der Waals surface area (Å²) in [6.45, 7) is 0. The molecule has 0 atom stereocenters. The van der Waals surface area contributed by atoms with Gasteiger partial charge in [0, 0.05) is 20.3 Å². The van der Waals surface area contributed by atoms with Crippen LogP contribution in [0.25, 0.3) is 11.6 Å². The molecule has 0 radical (unpaired) electrons. The predicted octanol–water partition coefficient (Wildman–Crippen LogP) is 0.780. The lowest BCUT2D eigenvalue weighted by Crippen LogP contribution is -2.10. The van der Waals surface area contributed by atoms with E-state index in [1.165, 1.54) is 0 Å². The van der Waals surface area contributed by atoms with Crippen LogP contribution in [-0.4, -0.2) is 29.2 Å². The maximum Gasteiger partial charge on any atom is 0.280 e. The largest absolute Gasteiger partial charge is 0.397 e. The molecule has 78 valence electrons. The highest BCUT2D eigenvalue weighted by Crippen LogP contribution is 2.22. The molecule has 2 aromatic heterocycles. The first-order valence-corrected chi connectivity index (χ1v) is 4.40. The van der Waals surface area contributed by atoms with Gasteiger partial charge < -0.3 is 15.2 Å². The molecule has 0 saturated heterocycles. The minimum Gasteiger partial charge on any atom is -0.397 e. The molecule has 6 heteroatoms. The third-order valence-corrected chi connectivity index (χ3v) is 1.86. The Morgan fingerprint density at radius 3 is 2.80 bits per heavy atom. The number of hydrogen-bond acceptors (Lipinski definition) is 6. The average Bonchev–Trinajstić information content (AvgIpc) is 2.67. The molecule has 0 aliphatic carbocycles. The van der Waals surface area contributed by atoms with Crippen molar-refractivity contribution < 1.29 is 4.52 Å². The van der Waals surface area contributed by atoms with Crippen LogP contribution in [-0.2, 0) is 0 Å². The molecule has 0 saturated carbocycles. The molecule has 0 amide bonds. The molecule has 2 rings (SSSR count). The SMILES string of the molecule is CN(C)c1noc(-c2ncccc2N)n1. The van der Waals surface area contributed by atoms with Gasteiger partial charge in [-0.15, -0.1) is 0 Å². The molecule has 0 unspecified atom stereocenters. The van der Waals surface area contributed by atoms with Crippen LogP contribution in [0.1, 0.15) is 0 Å². The first kappa shape index (κ1) is 9.45. The molecule has 0 bridgehead atoms. The van der Waals surface area contributed by atoms with E-state index in [2.05, 4.69) is 15.1 Å². The third kappa shape index (κ3) is 1.74. The van der Waals surface area contributed by atoms with E-state index in [1.54, 1.807) is 23.2 Å². The Hall–Kier alpha value is -2.11. The lowest BCUT2D eigenvalue weighted by atomic mass is 10.3. The first-order chi connectivity index (χ1) is 7.18. The first-order valence-electron chi connectivity index (χ1n) is 4.40. The lowest BCUT2D eigenvalue weighted by molar-refractivity contribution is 0.429. The number of nitrogens with two attached hydrogens (primary N) is 1. The Kier molecular flexibility index (Phi) is 2.24. The Balaban J connectivity index is 2.42. The van der Waals surface area contributed by atoms with Crippen molar-refractivity contribution in [1.82, 2.24) is 15.1 Å². The zero-order valence-corrected chi connectivity index (χ0v) is 8.51. The molecule has 0 aliphatic heterocycles. The van der Waals surface area contributed by atoms with Crippen LogP contribution in [0.2, 0.25) is 0 Å². The van der Waals surface area contributed by atoms with E-state index in [-0.39, 0.29) is 0 Å². The monoisotopic (exact) mass is 205 g/mol. The fourth-order valence-corrected chi connectivity index (χ4v) is 1.09. The summed E-state index contributed by atoms with van der Waals surface area (Å²) in [6, 6.07) is 3.49. The quantitative estimate of drug-likeness (QED) is 0.780. The van der Waals surface area contributed by atoms with Crippen molar-refractivity contribution in [1.29, 1.82) is 0 Å². The molecule has 2 aromatic rings. The van der Waals surface area contributed by atoms with Crippen LogP contribution in [0.15, 0.2) is 22.9 Å². The minimum absolute atomic E-state index is 0.330. The van der Waals surface area contributed by atoms with Gasteiger partial charge in [-0.3, -0.25) is 0 Å². The van der Waals surface area contributed by atoms with Crippen LogP contribution in [0.3, 0.4) is 0 Å². The van der Waals surface area contributed by atoms with E-state index >= 15 is 0 Å². The highest BCUT2D eigenvalue weighted by Gasteiger charge is 2.13. The zero-order chi connectivity index (χ0) is 10.8. The number of hydrogen-bond donors (Lipinski definition) is 1. The summed E-state index contributed by atoms with van der Waals surface area (Å²) in [6.07, 6.45) is 1.63. The van der Waals surface area contributed by atoms with E-state index in [0.29, 0.717) is 23.2 Å². The summed E-state index contributed by atoms with van der Waals surface area (Å²) < 4.78 is 5.05. The summed E-state index contributed by atoms with van der Waals surface area (Å²) in [5, 5.41) is 3.78. The Bertz CT molecular complexity index is 465. The van der Waals surface area contributed by atoms with Crippen molar-refractivity contribution in [3.8, 4) is 11.6 Å². The second-order valence-corrected chi connectivity index (χ2v) is 3.24. The second kappa shape index (κ2) is 3.56. The normalized spacial score (nSPS) is 10.3. The summed E-state index contributed by atoms with van der Waals surface area (Å²) in [5.74, 6) is 0.826. The number of nitrogens with zero attached hydrogens (tertiary/aromatic N) is 4. The molecular formula is C9H11N5O. The summed E-state index contributed by atoms with van der Waals surface area (Å²) in [5.41, 5.74) is 6.77. The number of anilines is 2. The molecule has 2 heterocycles. The fraction of sp³-hybridized carbons (Fsp3) is 0.222. The van der Waals surface area contributed by atoms with Gasteiger partial charge >= 0.3 is 0 Å². The van der Waals surface area contributed by atoms with Gasteiger partial charge in [-0.2, -0.15) is 4.98 Å². The summed E-state index contributed by atoms with van der Waals surface area (Å²) >= 11 is 0. The topological polar surface area (TPSA) is 81.1 Å².